The van der Waals surface area contributed by atoms with E-state index in [1.807, 2.05) is 6.07 Å². The standard InChI is InChI=1S/C21H26ClN3O3/c1-27-19-13-20(28-2)18(12-17(19)22)24-21(26)23-16-8-10-25(11-9-16)14-15-6-4-3-5-7-15/h3-7,12-13,16H,8-11,14H2,1-2H3,(H2,23,24,26). The first kappa shape index (κ1) is 20.3. The summed E-state index contributed by atoms with van der Waals surface area (Å²) in [6.45, 7) is 2.86. The predicted molar refractivity (Wildman–Crippen MR) is 111 cm³/mol. The highest BCUT2D eigenvalue weighted by Crippen LogP contribution is 2.35. The summed E-state index contributed by atoms with van der Waals surface area (Å²) in [5.74, 6) is 0.990. The minimum atomic E-state index is -0.263. The minimum absolute atomic E-state index is 0.145. The van der Waals surface area contributed by atoms with Crippen molar-refractivity contribution < 1.29 is 14.3 Å². The van der Waals surface area contributed by atoms with Crippen molar-refractivity contribution in [1.82, 2.24) is 10.2 Å². The Morgan fingerprint density at radius 1 is 1.11 bits per heavy atom. The summed E-state index contributed by atoms with van der Waals surface area (Å²) < 4.78 is 10.5. The number of piperidine rings is 1. The van der Waals surface area contributed by atoms with Crippen molar-refractivity contribution in [2.75, 3.05) is 32.6 Å². The number of urea groups is 1. The van der Waals surface area contributed by atoms with Gasteiger partial charge in [0.2, 0.25) is 0 Å². The molecule has 6 nitrogen and oxygen atoms in total. The number of nitrogens with zero attached hydrogens (tertiary/aromatic N) is 1. The molecule has 1 aliphatic heterocycles. The number of hydrogen-bond acceptors (Lipinski definition) is 4. The number of halogens is 1. The normalized spacial score (nSPS) is 15.1. The molecule has 1 saturated heterocycles. The van der Waals surface area contributed by atoms with E-state index in [4.69, 9.17) is 21.1 Å². The van der Waals surface area contributed by atoms with Crippen LogP contribution in [0.1, 0.15) is 18.4 Å². The highest BCUT2D eigenvalue weighted by molar-refractivity contribution is 6.32. The third-order valence-corrected chi connectivity index (χ3v) is 5.19. The zero-order valence-electron chi connectivity index (χ0n) is 16.2. The first-order valence-corrected chi connectivity index (χ1v) is 9.72. The number of nitrogens with one attached hydrogen (secondary N) is 2. The molecule has 7 heteroatoms. The summed E-state index contributed by atoms with van der Waals surface area (Å²) >= 11 is 6.16. The monoisotopic (exact) mass is 403 g/mol. The van der Waals surface area contributed by atoms with Gasteiger partial charge in [-0.3, -0.25) is 4.90 Å². The zero-order chi connectivity index (χ0) is 19.9. The van der Waals surface area contributed by atoms with Crippen LogP contribution in [-0.2, 0) is 6.54 Å². The lowest BCUT2D eigenvalue weighted by molar-refractivity contribution is 0.190. The third-order valence-electron chi connectivity index (χ3n) is 4.89. The number of likely N-dealkylation sites (tertiary alicyclic amines) is 1. The summed E-state index contributed by atoms with van der Waals surface area (Å²) in [6.07, 6.45) is 1.83. The molecule has 0 radical (unpaired) electrons. The Kier molecular flexibility index (Phi) is 7.01. The first-order valence-electron chi connectivity index (χ1n) is 9.34. The quantitative estimate of drug-likeness (QED) is 0.760. The Morgan fingerprint density at radius 2 is 1.79 bits per heavy atom. The average molecular weight is 404 g/mol. The van der Waals surface area contributed by atoms with Gasteiger partial charge in [-0.15, -0.1) is 0 Å². The molecular weight excluding hydrogens is 378 g/mol. The minimum Gasteiger partial charge on any atom is -0.495 e. The molecule has 28 heavy (non-hydrogen) atoms. The molecule has 0 unspecified atom stereocenters. The van der Waals surface area contributed by atoms with Crippen LogP contribution in [0.25, 0.3) is 0 Å². The molecule has 0 atom stereocenters. The molecule has 0 bridgehead atoms. The van der Waals surface area contributed by atoms with E-state index in [9.17, 15) is 4.79 Å². The molecule has 1 heterocycles. The lowest BCUT2D eigenvalue weighted by Crippen LogP contribution is -2.45. The van der Waals surface area contributed by atoms with E-state index in [0.717, 1.165) is 32.5 Å². The van der Waals surface area contributed by atoms with Crippen molar-refractivity contribution >= 4 is 23.3 Å². The summed E-state index contributed by atoms with van der Waals surface area (Å²) in [5.41, 5.74) is 1.82. The maximum atomic E-state index is 12.4. The number of amides is 2. The molecule has 0 saturated carbocycles. The molecule has 0 spiro atoms. The number of carbonyl (C=O) groups excluding carboxylic acids is 1. The molecule has 3 rings (SSSR count). The third kappa shape index (κ3) is 5.30. The highest BCUT2D eigenvalue weighted by Gasteiger charge is 2.21. The average Bonchev–Trinajstić information content (AvgIpc) is 2.70. The van der Waals surface area contributed by atoms with Crippen molar-refractivity contribution in [3.8, 4) is 11.5 Å². The molecule has 1 aliphatic rings. The van der Waals surface area contributed by atoms with Crippen LogP contribution in [0.4, 0.5) is 10.5 Å². The summed E-state index contributed by atoms with van der Waals surface area (Å²) in [5, 5.41) is 6.28. The lowest BCUT2D eigenvalue weighted by Gasteiger charge is -2.32. The van der Waals surface area contributed by atoms with Crippen LogP contribution in [0.2, 0.25) is 5.02 Å². The smallest absolute Gasteiger partial charge is 0.319 e. The number of ether oxygens (including phenoxy) is 2. The largest absolute Gasteiger partial charge is 0.495 e. The molecule has 0 aromatic heterocycles. The molecule has 2 aromatic rings. The van der Waals surface area contributed by atoms with Gasteiger partial charge in [0.1, 0.15) is 11.5 Å². The lowest BCUT2D eigenvalue weighted by atomic mass is 10.0. The Labute approximate surface area is 170 Å². The fourth-order valence-corrected chi connectivity index (χ4v) is 3.62. The van der Waals surface area contributed by atoms with Crippen molar-refractivity contribution in [2.24, 2.45) is 0 Å². The number of anilines is 1. The van der Waals surface area contributed by atoms with Gasteiger partial charge in [-0.2, -0.15) is 0 Å². The van der Waals surface area contributed by atoms with Crippen molar-refractivity contribution in [2.45, 2.75) is 25.4 Å². The number of rotatable bonds is 6. The van der Waals surface area contributed by atoms with Crippen LogP contribution in [0.5, 0.6) is 11.5 Å². The second-order valence-corrected chi connectivity index (χ2v) is 7.23. The van der Waals surface area contributed by atoms with Crippen LogP contribution in [-0.4, -0.2) is 44.3 Å². The van der Waals surface area contributed by atoms with Gasteiger partial charge in [0.15, 0.2) is 0 Å². The summed E-state index contributed by atoms with van der Waals surface area (Å²) in [6, 6.07) is 13.6. The van der Waals surface area contributed by atoms with Crippen LogP contribution >= 0.6 is 11.6 Å². The fourth-order valence-electron chi connectivity index (χ4n) is 3.38. The Balaban J connectivity index is 1.50. The molecule has 2 amide bonds. The molecule has 1 fully saturated rings. The van der Waals surface area contributed by atoms with E-state index < -0.39 is 0 Å². The fraction of sp³-hybridized carbons (Fsp3) is 0.381. The maximum absolute atomic E-state index is 12.4. The SMILES string of the molecule is COc1cc(OC)c(NC(=O)NC2CCN(Cc3ccccc3)CC2)cc1Cl. The van der Waals surface area contributed by atoms with E-state index in [2.05, 4.69) is 39.8 Å². The van der Waals surface area contributed by atoms with E-state index in [0.29, 0.717) is 22.2 Å². The van der Waals surface area contributed by atoms with E-state index >= 15 is 0 Å². The van der Waals surface area contributed by atoms with Gasteiger partial charge >= 0.3 is 6.03 Å². The molecular formula is C21H26ClN3O3. The first-order chi connectivity index (χ1) is 13.6. The summed E-state index contributed by atoms with van der Waals surface area (Å²) in [7, 11) is 3.07. The van der Waals surface area contributed by atoms with Gasteiger partial charge in [0, 0.05) is 31.7 Å². The van der Waals surface area contributed by atoms with E-state index in [1.165, 1.54) is 19.8 Å². The van der Waals surface area contributed by atoms with Crippen LogP contribution in [0, 0.1) is 0 Å². The van der Waals surface area contributed by atoms with E-state index in [1.54, 1.807) is 12.1 Å². The van der Waals surface area contributed by atoms with Gasteiger partial charge in [-0.05, 0) is 24.5 Å². The summed E-state index contributed by atoms with van der Waals surface area (Å²) in [4.78, 5) is 14.8. The van der Waals surface area contributed by atoms with Gasteiger partial charge in [0.05, 0.1) is 24.9 Å². The second-order valence-electron chi connectivity index (χ2n) is 6.82. The Morgan fingerprint density at radius 3 is 2.43 bits per heavy atom. The Bertz CT molecular complexity index is 793. The maximum Gasteiger partial charge on any atom is 0.319 e. The zero-order valence-corrected chi connectivity index (χ0v) is 17.0. The van der Waals surface area contributed by atoms with Crippen molar-refractivity contribution in [3.63, 3.8) is 0 Å². The van der Waals surface area contributed by atoms with Crippen LogP contribution in [0.3, 0.4) is 0 Å². The topological polar surface area (TPSA) is 62.8 Å². The van der Waals surface area contributed by atoms with Gasteiger partial charge in [0.25, 0.3) is 0 Å². The predicted octanol–water partition coefficient (Wildman–Crippen LogP) is 4.14. The highest BCUT2D eigenvalue weighted by atomic mass is 35.5. The van der Waals surface area contributed by atoms with Gasteiger partial charge in [-0.1, -0.05) is 41.9 Å². The van der Waals surface area contributed by atoms with Crippen LogP contribution in [0.15, 0.2) is 42.5 Å². The van der Waals surface area contributed by atoms with Crippen molar-refractivity contribution in [1.29, 1.82) is 0 Å². The molecule has 2 aromatic carbocycles. The van der Waals surface area contributed by atoms with E-state index in [-0.39, 0.29) is 12.1 Å². The second kappa shape index (κ2) is 9.66. The molecule has 2 N–H and O–H groups in total. The van der Waals surface area contributed by atoms with Crippen LogP contribution < -0.4 is 20.1 Å². The van der Waals surface area contributed by atoms with Gasteiger partial charge in [-0.25, -0.2) is 4.79 Å². The Hall–Kier alpha value is -2.44. The van der Waals surface area contributed by atoms with Crippen molar-refractivity contribution in [3.05, 3.63) is 53.1 Å². The number of methoxy groups -OCH3 is 2. The molecule has 0 aliphatic carbocycles. The number of hydrogen-bond donors (Lipinski definition) is 2. The number of benzene rings is 2. The van der Waals surface area contributed by atoms with Gasteiger partial charge < -0.3 is 20.1 Å². The number of carbonyl (C=O) groups is 1. The molecule has 150 valence electrons.